The average molecular weight is 571 g/mol. The largest absolute Gasteiger partial charge is 0.434 e. The van der Waals surface area contributed by atoms with Crippen molar-refractivity contribution in [2.24, 2.45) is 5.92 Å². The van der Waals surface area contributed by atoms with Crippen LogP contribution in [-0.4, -0.2) is 31.0 Å². The third-order valence-electron chi connectivity index (χ3n) is 6.71. The van der Waals surface area contributed by atoms with Crippen molar-refractivity contribution >= 4 is 34.7 Å². The number of fused-ring (bicyclic) bond motifs is 1. The summed E-state index contributed by atoms with van der Waals surface area (Å²) >= 11 is 0. The molecule has 1 aliphatic rings. The zero-order valence-corrected chi connectivity index (χ0v) is 23.6. The summed E-state index contributed by atoms with van der Waals surface area (Å²) in [4.78, 5) is 43.0. The first-order valence-electron chi connectivity index (χ1n) is 13.8. The molecule has 11 heteroatoms. The number of benzene rings is 1. The van der Waals surface area contributed by atoms with Gasteiger partial charge in [-0.25, -0.2) is 13.9 Å². The van der Waals surface area contributed by atoms with Crippen LogP contribution in [0.15, 0.2) is 71.8 Å². The number of pyridine rings is 1. The predicted octanol–water partition coefficient (Wildman–Crippen LogP) is 5.81. The van der Waals surface area contributed by atoms with Crippen LogP contribution in [-0.2, 0) is 11.2 Å². The number of aryl methyl sites for hydroxylation is 1. The number of rotatable bonds is 10. The van der Waals surface area contributed by atoms with Crippen LogP contribution in [0, 0.1) is 11.7 Å². The quantitative estimate of drug-likeness (QED) is 0.232. The minimum absolute atomic E-state index is 0.00207. The molecule has 10 nitrogen and oxygen atoms in total. The van der Waals surface area contributed by atoms with Crippen molar-refractivity contribution < 1.29 is 18.7 Å². The van der Waals surface area contributed by atoms with Gasteiger partial charge in [0.2, 0.25) is 11.8 Å². The van der Waals surface area contributed by atoms with E-state index < -0.39 is 17.3 Å². The van der Waals surface area contributed by atoms with Gasteiger partial charge in [0, 0.05) is 35.6 Å². The van der Waals surface area contributed by atoms with Crippen LogP contribution >= 0.6 is 0 Å². The normalized spacial score (nSPS) is 13.5. The van der Waals surface area contributed by atoms with Gasteiger partial charge in [-0.3, -0.25) is 19.0 Å². The van der Waals surface area contributed by atoms with Crippen LogP contribution in [0.4, 0.5) is 15.9 Å². The summed E-state index contributed by atoms with van der Waals surface area (Å²) in [6.45, 7) is 5.67. The molecule has 1 saturated carbocycles. The Morgan fingerprint density at radius 1 is 1.14 bits per heavy atom. The number of nitrogens with one attached hydrogen (secondary N) is 2. The Morgan fingerprint density at radius 3 is 2.64 bits per heavy atom. The average Bonchev–Trinajstić information content (AvgIpc) is 3.74. The Labute approximate surface area is 241 Å². The molecule has 2 N–H and O–H groups in total. The van der Waals surface area contributed by atoms with E-state index in [1.54, 1.807) is 30.6 Å². The SMILES string of the molecule is C/C=C\C(=C/CC)n1ccc(CC)c(C(=O)Nc2ccc(Oc3ccc4nc(NC(=O)C5CC5)cn4n3)c(F)c2)c1=O. The molecule has 0 unspecified atom stereocenters. The van der Waals surface area contributed by atoms with E-state index in [4.69, 9.17) is 4.74 Å². The second kappa shape index (κ2) is 12.2. The van der Waals surface area contributed by atoms with Crippen molar-refractivity contribution in [1.29, 1.82) is 0 Å². The molecule has 0 spiro atoms. The number of hydrogen-bond acceptors (Lipinski definition) is 6. The number of imidazole rings is 1. The lowest BCUT2D eigenvalue weighted by atomic mass is 10.1. The van der Waals surface area contributed by atoms with E-state index in [9.17, 15) is 14.4 Å². The minimum Gasteiger partial charge on any atom is -0.434 e. The molecule has 4 aromatic rings. The van der Waals surface area contributed by atoms with E-state index in [0.29, 0.717) is 35.6 Å². The van der Waals surface area contributed by atoms with Crippen molar-refractivity contribution in [2.75, 3.05) is 10.6 Å². The summed E-state index contributed by atoms with van der Waals surface area (Å²) in [5, 5.41) is 9.69. The van der Waals surface area contributed by atoms with E-state index in [0.717, 1.165) is 18.9 Å². The Balaban J connectivity index is 1.33. The molecule has 216 valence electrons. The van der Waals surface area contributed by atoms with Crippen molar-refractivity contribution in [3.05, 3.63) is 94.3 Å². The first-order chi connectivity index (χ1) is 20.3. The van der Waals surface area contributed by atoms with Crippen LogP contribution in [0.2, 0.25) is 0 Å². The molecule has 0 bridgehead atoms. The molecule has 3 aromatic heterocycles. The second-order valence-corrected chi connectivity index (χ2v) is 9.85. The maximum absolute atomic E-state index is 15.0. The number of carbonyl (C=O) groups excluding carboxylic acids is 2. The molecule has 0 saturated heterocycles. The van der Waals surface area contributed by atoms with Gasteiger partial charge in [-0.1, -0.05) is 26.0 Å². The summed E-state index contributed by atoms with van der Waals surface area (Å²) in [5.74, 6) is -1.04. The summed E-state index contributed by atoms with van der Waals surface area (Å²) in [7, 11) is 0. The molecule has 42 heavy (non-hydrogen) atoms. The van der Waals surface area contributed by atoms with Gasteiger partial charge in [0.05, 0.1) is 6.20 Å². The van der Waals surface area contributed by atoms with Crippen LogP contribution in [0.5, 0.6) is 11.6 Å². The van der Waals surface area contributed by atoms with Crippen LogP contribution in [0.25, 0.3) is 11.3 Å². The highest BCUT2D eigenvalue weighted by atomic mass is 19.1. The Bertz CT molecular complexity index is 1780. The molecule has 2 amide bonds. The van der Waals surface area contributed by atoms with E-state index >= 15 is 4.39 Å². The van der Waals surface area contributed by atoms with Crippen molar-refractivity contribution in [2.45, 2.75) is 46.5 Å². The Hall–Kier alpha value is -5.06. The lowest BCUT2D eigenvalue weighted by Crippen LogP contribution is -2.30. The van der Waals surface area contributed by atoms with E-state index in [2.05, 4.69) is 20.7 Å². The number of nitrogens with zero attached hydrogens (tertiary/aromatic N) is 4. The van der Waals surface area contributed by atoms with Gasteiger partial charge in [0.15, 0.2) is 23.0 Å². The van der Waals surface area contributed by atoms with E-state index in [1.807, 2.05) is 32.9 Å². The van der Waals surface area contributed by atoms with Crippen LogP contribution in [0.1, 0.15) is 56.0 Å². The fraction of sp³-hybridized carbons (Fsp3) is 0.258. The van der Waals surface area contributed by atoms with E-state index in [-0.39, 0.29) is 34.7 Å². The lowest BCUT2D eigenvalue weighted by molar-refractivity contribution is -0.117. The Morgan fingerprint density at radius 2 is 1.95 bits per heavy atom. The van der Waals surface area contributed by atoms with Gasteiger partial charge in [-0.2, -0.15) is 0 Å². The molecule has 0 aliphatic heterocycles. The minimum atomic E-state index is -0.736. The molecule has 1 aromatic carbocycles. The zero-order valence-electron chi connectivity index (χ0n) is 23.6. The van der Waals surface area contributed by atoms with Gasteiger partial charge in [-0.05, 0) is 68.5 Å². The van der Waals surface area contributed by atoms with Gasteiger partial charge in [-0.15, -0.1) is 5.10 Å². The fourth-order valence-electron chi connectivity index (χ4n) is 4.46. The highest BCUT2D eigenvalue weighted by Gasteiger charge is 2.30. The monoisotopic (exact) mass is 570 g/mol. The number of anilines is 2. The highest BCUT2D eigenvalue weighted by molar-refractivity contribution is 6.05. The summed E-state index contributed by atoms with van der Waals surface area (Å²) in [6.07, 6.45) is 11.7. The number of amides is 2. The number of hydrogen-bond donors (Lipinski definition) is 2. The maximum Gasteiger partial charge on any atom is 0.268 e. The number of ether oxygens (including phenoxy) is 1. The summed E-state index contributed by atoms with van der Waals surface area (Å²) in [6, 6.07) is 8.87. The third kappa shape index (κ3) is 6.14. The fourth-order valence-corrected chi connectivity index (χ4v) is 4.46. The van der Waals surface area contributed by atoms with Crippen LogP contribution < -0.4 is 20.9 Å². The number of aromatic nitrogens is 4. The second-order valence-electron chi connectivity index (χ2n) is 9.85. The first kappa shape index (κ1) is 28.5. The lowest BCUT2D eigenvalue weighted by Gasteiger charge is -2.14. The smallest absolute Gasteiger partial charge is 0.268 e. The van der Waals surface area contributed by atoms with Crippen molar-refractivity contribution in [1.82, 2.24) is 19.2 Å². The standard InChI is InChI=1S/C31H31FN6O4/c1-4-7-22(8-5-2)37-16-15-19(6-3)28(31(37)41)30(40)33-21-11-12-24(23(32)17-21)42-27-14-13-26-34-25(18-38(26)36-27)35-29(39)20-9-10-20/h4,7-8,11-18,20H,5-6,9-10H2,1-3H3,(H,33,40)(H,35,39)/b7-4-,22-8+. The molecule has 1 fully saturated rings. The highest BCUT2D eigenvalue weighted by Crippen LogP contribution is 2.30. The topological polar surface area (TPSA) is 120 Å². The van der Waals surface area contributed by atoms with Crippen molar-refractivity contribution in [3.63, 3.8) is 0 Å². The van der Waals surface area contributed by atoms with E-state index in [1.165, 1.54) is 27.3 Å². The molecule has 0 radical (unpaired) electrons. The van der Waals surface area contributed by atoms with Gasteiger partial charge in [0.25, 0.3) is 11.5 Å². The molecule has 3 heterocycles. The Kier molecular flexibility index (Phi) is 8.28. The zero-order chi connectivity index (χ0) is 29.8. The van der Waals surface area contributed by atoms with Crippen molar-refractivity contribution in [3.8, 4) is 11.6 Å². The van der Waals surface area contributed by atoms with Gasteiger partial charge < -0.3 is 15.4 Å². The van der Waals surface area contributed by atoms with Gasteiger partial charge in [0.1, 0.15) is 5.56 Å². The van der Waals surface area contributed by atoms with Crippen LogP contribution in [0.3, 0.4) is 0 Å². The predicted molar refractivity (Wildman–Crippen MR) is 158 cm³/mol. The number of allylic oxidation sites excluding steroid dienone is 4. The molecule has 5 rings (SSSR count). The van der Waals surface area contributed by atoms with Gasteiger partial charge >= 0.3 is 0 Å². The third-order valence-corrected chi connectivity index (χ3v) is 6.71. The molecular weight excluding hydrogens is 539 g/mol. The number of halogens is 1. The molecule has 1 aliphatic carbocycles. The maximum atomic E-state index is 15.0. The number of carbonyl (C=O) groups is 2. The molecule has 0 atom stereocenters. The summed E-state index contributed by atoms with van der Waals surface area (Å²) < 4.78 is 23.6. The first-order valence-corrected chi connectivity index (χ1v) is 13.8. The summed E-state index contributed by atoms with van der Waals surface area (Å²) in [5.41, 5.74) is 1.44. The molecular formula is C31H31FN6O4.